The van der Waals surface area contributed by atoms with Crippen molar-refractivity contribution in [1.82, 2.24) is 9.80 Å². The molecule has 2 aliphatic rings. The molecule has 3 rings (SSSR count). The Hall–Kier alpha value is -1.36. The van der Waals surface area contributed by atoms with Crippen LogP contribution >= 0.6 is 11.3 Å². The fourth-order valence-electron chi connectivity index (χ4n) is 3.11. The van der Waals surface area contributed by atoms with Gasteiger partial charge in [0.2, 0.25) is 11.8 Å². The van der Waals surface area contributed by atoms with Crippen molar-refractivity contribution in [3.8, 4) is 0 Å². The van der Waals surface area contributed by atoms with E-state index in [2.05, 4.69) is 0 Å². The molecular formula is C14H18N2O2S. The summed E-state index contributed by atoms with van der Waals surface area (Å²) < 4.78 is 0. The molecule has 0 aliphatic carbocycles. The maximum atomic E-state index is 12.6. The van der Waals surface area contributed by atoms with Gasteiger partial charge in [-0.05, 0) is 24.3 Å². The van der Waals surface area contributed by atoms with Gasteiger partial charge < -0.3 is 9.80 Å². The Morgan fingerprint density at radius 1 is 1.37 bits per heavy atom. The molecule has 0 aromatic carbocycles. The molecule has 19 heavy (non-hydrogen) atoms. The van der Waals surface area contributed by atoms with Gasteiger partial charge in [0.15, 0.2) is 0 Å². The minimum atomic E-state index is -0.200. The highest BCUT2D eigenvalue weighted by Gasteiger charge is 2.44. The van der Waals surface area contributed by atoms with Crippen LogP contribution in [-0.2, 0) is 9.59 Å². The van der Waals surface area contributed by atoms with Crippen LogP contribution in [-0.4, -0.2) is 41.8 Å². The van der Waals surface area contributed by atoms with Crippen LogP contribution in [0.15, 0.2) is 17.5 Å². The Morgan fingerprint density at radius 2 is 2.11 bits per heavy atom. The van der Waals surface area contributed by atoms with Crippen LogP contribution in [0.3, 0.4) is 0 Å². The lowest BCUT2D eigenvalue weighted by atomic mass is 9.97. The number of rotatable bonds is 2. The lowest BCUT2D eigenvalue weighted by Crippen LogP contribution is -2.36. The number of thiophene rings is 1. The summed E-state index contributed by atoms with van der Waals surface area (Å²) in [6, 6.07) is 3.93. The third-order valence-electron chi connectivity index (χ3n) is 4.16. The van der Waals surface area contributed by atoms with Crippen LogP contribution in [0, 0.1) is 5.92 Å². The lowest BCUT2D eigenvalue weighted by molar-refractivity contribution is -0.135. The van der Waals surface area contributed by atoms with E-state index in [0.717, 1.165) is 30.8 Å². The molecule has 1 aromatic rings. The second-order valence-electron chi connectivity index (χ2n) is 5.31. The third-order valence-corrected chi connectivity index (χ3v) is 5.10. The first-order chi connectivity index (χ1) is 9.18. The number of hydrogen-bond donors (Lipinski definition) is 0. The van der Waals surface area contributed by atoms with Crippen LogP contribution in [0.5, 0.6) is 0 Å². The van der Waals surface area contributed by atoms with E-state index in [0.29, 0.717) is 6.42 Å². The maximum Gasteiger partial charge on any atom is 0.228 e. The molecule has 0 bridgehead atoms. The first kappa shape index (κ1) is 12.7. The zero-order chi connectivity index (χ0) is 13.4. The highest BCUT2D eigenvalue weighted by atomic mass is 32.1. The zero-order valence-corrected chi connectivity index (χ0v) is 11.9. The summed E-state index contributed by atoms with van der Waals surface area (Å²) in [6.07, 6.45) is 2.53. The molecule has 0 unspecified atom stereocenters. The predicted octanol–water partition coefficient (Wildman–Crippen LogP) is 1.89. The Morgan fingerprint density at radius 3 is 2.74 bits per heavy atom. The molecule has 2 aliphatic heterocycles. The predicted molar refractivity (Wildman–Crippen MR) is 73.8 cm³/mol. The van der Waals surface area contributed by atoms with Crippen molar-refractivity contribution in [2.75, 3.05) is 20.1 Å². The van der Waals surface area contributed by atoms with E-state index >= 15 is 0 Å². The summed E-state index contributed by atoms with van der Waals surface area (Å²) >= 11 is 1.63. The molecule has 2 atom stereocenters. The van der Waals surface area contributed by atoms with Gasteiger partial charge in [-0.3, -0.25) is 9.59 Å². The van der Waals surface area contributed by atoms with Crippen LogP contribution in [0.25, 0.3) is 0 Å². The monoisotopic (exact) mass is 278 g/mol. The summed E-state index contributed by atoms with van der Waals surface area (Å²) in [4.78, 5) is 29.4. The molecule has 4 nitrogen and oxygen atoms in total. The fourth-order valence-corrected chi connectivity index (χ4v) is 4.05. The molecule has 102 valence electrons. The van der Waals surface area contributed by atoms with Crippen molar-refractivity contribution in [3.05, 3.63) is 22.4 Å². The summed E-state index contributed by atoms with van der Waals surface area (Å²) in [5, 5.41) is 2.00. The second kappa shape index (κ2) is 4.96. The minimum Gasteiger partial charge on any atom is -0.342 e. The lowest BCUT2D eigenvalue weighted by Gasteiger charge is -2.26. The van der Waals surface area contributed by atoms with E-state index in [4.69, 9.17) is 0 Å². The molecule has 2 fully saturated rings. The molecule has 1 aromatic heterocycles. The Bertz CT molecular complexity index is 480. The van der Waals surface area contributed by atoms with Crippen molar-refractivity contribution < 1.29 is 9.59 Å². The van der Waals surface area contributed by atoms with E-state index < -0.39 is 0 Å². The molecular weight excluding hydrogens is 260 g/mol. The van der Waals surface area contributed by atoms with E-state index in [-0.39, 0.29) is 23.8 Å². The molecule has 3 heterocycles. The van der Waals surface area contributed by atoms with Crippen molar-refractivity contribution in [2.45, 2.75) is 25.3 Å². The SMILES string of the molecule is CN1C(=O)C[C@@H](C(=O)N2CCCC2)[C@H]1c1cccs1. The molecule has 5 heteroatoms. The van der Waals surface area contributed by atoms with Gasteiger partial charge in [-0.15, -0.1) is 11.3 Å². The summed E-state index contributed by atoms with van der Waals surface area (Å²) in [6.45, 7) is 1.70. The van der Waals surface area contributed by atoms with Crippen molar-refractivity contribution in [2.24, 2.45) is 5.92 Å². The number of hydrogen-bond acceptors (Lipinski definition) is 3. The first-order valence-electron chi connectivity index (χ1n) is 6.76. The second-order valence-corrected chi connectivity index (χ2v) is 6.29. The number of nitrogens with zero attached hydrogens (tertiary/aromatic N) is 2. The average molecular weight is 278 g/mol. The van der Waals surface area contributed by atoms with Gasteiger partial charge in [-0.1, -0.05) is 6.07 Å². The number of carbonyl (C=O) groups is 2. The molecule has 0 saturated carbocycles. The van der Waals surface area contributed by atoms with Gasteiger partial charge in [0, 0.05) is 31.4 Å². The molecule has 2 saturated heterocycles. The number of likely N-dealkylation sites (tertiary alicyclic amines) is 2. The van der Waals surface area contributed by atoms with Crippen molar-refractivity contribution in [3.63, 3.8) is 0 Å². The number of amides is 2. The van der Waals surface area contributed by atoms with Gasteiger partial charge in [0.1, 0.15) is 0 Å². The Labute approximate surface area is 117 Å². The van der Waals surface area contributed by atoms with E-state index in [1.807, 2.05) is 29.5 Å². The quantitative estimate of drug-likeness (QED) is 0.829. The average Bonchev–Trinajstić information content (AvgIpc) is 3.11. The van der Waals surface area contributed by atoms with E-state index in [9.17, 15) is 9.59 Å². The van der Waals surface area contributed by atoms with E-state index in [1.165, 1.54) is 0 Å². The van der Waals surface area contributed by atoms with Crippen molar-refractivity contribution >= 4 is 23.2 Å². The van der Waals surface area contributed by atoms with Gasteiger partial charge >= 0.3 is 0 Å². The van der Waals surface area contributed by atoms with Crippen LogP contribution in [0.2, 0.25) is 0 Å². The molecule has 2 amide bonds. The van der Waals surface area contributed by atoms with Gasteiger partial charge in [0.05, 0.1) is 12.0 Å². The fraction of sp³-hybridized carbons (Fsp3) is 0.571. The zero-order valence-electron chi connectivity index (χ0n) is 11.0. The molecule has 0 N–H and O–H groups in total. The normalized spacial score (nSPS) is 27.3. The minimum absolute atomic E-state index is 0.0689. The van der Waals surface area contributed by atoms with Crippen LogP contribution in [0.1, 0.15) is 30.2 Å². The molecule has 0 spiro atoms. The van der Waals surface area contributed by atoms with Crippen LogP contribution in [0.4, 0.5) is 0 Å². The summed E-state index contributed by atoms with van der Waals surface area (Å²) in [5.41, 5.74) is 0. The summed E-state index contributed by atoms with van der Waals surface area (Å²) in [5.74, 6) is 0.0406. The van der Waals surface area contributed by atoms with Gasteiger partial charge in [-0.25, -0.2) is 0 Å². The first-order valence-corrected chi connectivity index (χ1v) is 7.64. The Kier molecular flexibility index (Phi) is 3.31. The summed E-state index contributed by atoms with van der Waals surface area (Å²) in [7, 11) is 1.81. The standard InChI is InChI=1S/C14H18N2O2S/c1-15-12(17)9-10(13(15)11-5-4-8-19-11)14(18)16-6-2-3-7-16/h4-5,8,10,13H,2-3,6-7,9H2,1H3/t10-,13+/m1/s1. The van der Waals surface area contributed by atoms with Crippen LogP contribution < -0.4 is 0 Å². The highest BCUT2D eigenvalue weighted by molar-refractivity contribution is 7.10. The van der Waals surface area contributed by atoms with Gasteiger partial charge in [0.25, 0.3) is 0 Å². The Balaban J connectivity index is 1.86. The molecule has 0 radical (unpaired) electrons. The van der Waals surface area contributed by atoms with Crippen molar-refractivity contribution in [1.29, 1.82) is 0 Å². The topological polar surface area (TPSA) is 40.6 Å². The number of carbonyl (C=O) groups excluding carboxylic acids is 2. The van der Waals surface area contributed by atoms with E-state index in [1.54, 1.807) is 16.2 Å². The maximum absolute atomic E-state index is 12.6. The smallest absolute Gasteiger partial charge is 0.228 e. The third kappa shape index (κ3) is 2.16. The van der Waals surface area contributed by atoms with Gasteiger partial charge in [-0.2, -0.15) is 0 Å². The highest BCUT2D eigenvalue weighted by Crippen LogP contribution is 2.40. The largest absolute Gasteiger partial charge is 0.342 e.